The number of carbonyl (C=O) groups excluding carboxylic acids is 1. The Morgan fingerprint density at radius 1 is 1.24 bits per heavy atom. The van der Waals surface area contributed by atoms with Crippen LogP contribution in [0.2, 0.25) is 5.02 Å². The molecule has 4 fully saturated rings. The molecule has 0 unspecified atom stereocenters. The third-order valence-electron chi connectivity index (χ3n) is 7.40. The summed E-state index contributed by atoms with van der Waals surface area (Å²) >= 11 is 5.97. The molecule has 12 heteroatoms. The third kappa shape index (κ3) is 3.64. The van der Waals surface area contributed by atoms with Gasteiger partial charge in [0.05, 0.1) is 17.6 Å². The number of fused-ring (bicyclic) bond motifs is 1. The minimum absolute atomic E-state index is 0.133. The molecule has 1 aromatic carbocycles. The first-order chi connectivity index (χ1) is 16.0. The van der Waals surface area contributed by atoms with Crippen molar-refractivity contribution in [2.45, 2.75) is 80.1 Å². The Morgan fingerprint density at radius 2 is 1.97 bits per heavy atom. The molecule has 4 saturated carbocycles. The van der Waals surface area contributed by atoms with Crippen LogP contribution < -0.4 is 10.1 Å². The van der Waals surface area contributed by atoms with Crippen LogP contribution in [-0.2, 0) is 14.9 Å². The predicted molar refractivity (Wildman–Crippen MR) is 109 cm³/mol. The maximum absolute atomic E-state index is 12.8. The van der Waals surface area contributed by atoms with Crippen molar-refractivity contribution in [3.05, 3.63) is 40.5 Å². The fourth-order valence-electron chi connectivity index (χ4n) is 5.75. The molecule has 1 aliphatic heterocycles. The number of hydrogen-bond donors (Lipinski definition) is 2. The number of alkyl halides is 3. The molecule has 2 N–H and O–H groups in total. The van der Waals surface area contributed by atoms with Crippen LogP contribution in [0.1, 0.15) is 67.8 Å². The minimum Gasteiger partial charge on any atom is -0.480 e. The van der Waals surface area contributed by atoms with Gasteiger partial charge in [-0.05, 0) is 50.3 Å². The molecule has 0 saturated heterocycles. The zero-order valence-corrected chi connectivity index (χ0v) is 18.5. The SMILES string of the molecule is O=C(NC12CC(c3nc(C4CC(OC(F)(F)F)C4)no3)(C1)C2)[C@@H]1C[C@@H](O)c2cc(Cl)ccc2O1. The van der Waals surface area contributed by atoms with Gasteiger partial charge in [-0.2, -0.15) is 4.98 Å². The molecule has 2 heterocycles. The van der Waals surface area contributed by atoms with E-state index in [4.69, 9.17) is 20.9 Å². The molecule has 8 nitrogen and oxygen atoms in total. The van der Waals surface area contributed by atoms with E-state index < -0.39 is 24.7 Å². The van der Waals surface area contributed by atoms with Crippen LogP contribution >= 0.6 is 11.6 Å². The highest BCUT2D eigenvalue weighted by molar-refractivity contribution is 6.30. The number of nitrogens with one attached hydrogen (secondary N) is 1. The number of rotatable bonds is 5. The van der Waals surface area contributed by atoms with E-state index in [9.17, 15) is 23.1 Å². The molecule has 2 aromatic rings. The van der Waals surface area contributed by atoms with Crippen molar-refractivity contribution < 1.29 is 37.1 Å². The second-order valence-electron chi connectivity index (χ2n) is 9.93. The molecular weight excluding hydrogens is 479 g/mol. The van der Waals surface area contributed by atoms with Crippen molar-refractivity contribution in [2.75, 3.05) is 0 Å². The fraction of sp³-hybridized carbons (Fsp3) is 0.591. The lowest BCUT2D eigenvalue weighted by Gasteiger charge is -2.68. The first-order valence-electron chi connectivity index (χ1n) is 11.1. The van der Waals surface area contributed by atoms with E-state index in [1.165, 1.54) is 0 Å². The van der Waals surface area contributed by atoms with Gasteiger partial charge in [0.1, 0.15) is 5.75 Å². The number of amides is 1. The standard InChI is InChI=1S/C22H21ClF3N3O5/c23-11-1-2-15-13(5-11)14(30)6-16(32-15)18(31)28-21-7-20(8-21,9-21)19-27-17(29-34-19)10-3-12(4-10)33-22(24,25)26/h1-2,5,10,12,14,16,30H,3-4,6-9H2,(H,28,31)/t10?,12?,14-,16+,20?,21?/m1/s1. The molecule has 1 amide bonds. The summed E-state index contributed by atoms with van der Waals surface area (Å²) < 4.78 is 52.1. The number of hydrogen-bond acceptors (Lipinski definition) is 7. The summed E-state index contributed by atoms with van der Waals surface area (Å²) in [6, 6.07) is 4.92. The van der Waals surface area contributed by atoms with Gasteiger partial charge >= 0.3 is 6.36 Å². The topological polar surface area (TPSA) is 107 Å². The zero-order chi connectivity index (χ0) is 23.9. The largest absolute Gasteiger partial charge is 0.522 e. The van der Waals surface area contributed by atoms with Crippen molar-refractivity contribution in [2.24, 2.45) is 0 Å². The third-order valence-corrected chi connectivity index (χ3v) is 7.64. The maximum atomic E-state index is 12.8. The zero-order valence-electron chi connectivity index (χ0n) is 17.8. The Morgan fingerprint density at radius 3 is 2.68 bits per heavy atom. The average molecular weight is 500 g/mol. The minimum atomic E-state index is -4.64. The lowest BCUT2D eigenvalue weighted by molar-refractivity contribution is -0.352. The molecule has 34 heavy (non-hydrogen) atoms. The van der Waals surface area contributed by atoms with Crippen molar-refractivity contribution in [1.82, 2.24) is 15.5 Å². The normalized spacial score (nSPS) is 35.8. The predicted octanol–water partition coefficient (Wildman–Crippen LogP) is 3.68. The smallest absolute Gasteiger partial charge is 0.480 e. The van der Waals surface area contributed by atoms with E-state index in [0.29, 0.717) is 47.3 Å². The molecule has 5 aliphatic rings. The van der Waals surface area contributed by atoms with Crippen molar-refractivity contribution in [1.29, 1.82) is 0 Å². The van der Waals surface area contributed by atoms with Crippen molar-refractivity contribution >= 4 is 17.5 Å². The van der Waals surface area contributed by atoms with Gasteiger partial charge in [0.15, 0.2) is 11.9 Å². The number of carbonyl (C=O) groups is 1. The van der Waals surface area contributed by atoms with Gasteiger partial charge in [0.2, 0.25) is 5.89 Å². The van der Waals surface area contributed by atoms with E-state index in [2.05, 4.69) is 20.2 Å². The van der Waals surface area contributed by atoms with E-state index >= 15 is 0 Å². The summed E-state index contributed by atoms with van der Waals surface area (Å²) in [6.45, 7) is 0. The summed E-state index contributed by atoms with van der Waals surface area (Å²) in [5, 5.41) is 17.9. The molecule has 7 rings (SSSR count). The van der Waals surface area contributed by atoms with Gasteiger partial charge in [-0.15, -0.1) is 13.2 Å². The van der Waals surface area contributed by atoms with Gasteiger partial charge in [-0.1, -0.05) is 16.8 Å². The lowest BCUT2D eigenvalue weighted by atomic mass is 9.39. The molecule has 182 valence electrons. The Bertz CT molecular complexity index is 1130. The first-order valence-corrected chi connectivity index (χ1v) is 11.5. The van der Waals surface area contributed by atoms with Crippen LogP contribution in [0.5, 0.6) is 5.75 Å². The van der Waals surface area contributed by atoms with Gasteiger partial charge < -0.3 is 19.7 Å². The molecule has 4 aliphatic carbocycles. The Kier molecular flexibility index (Phi) is 4.76. The Hall–Kier alpha value is -2.37. The number of ether oxygens (including phenoxy) is 2. The van der Waals surface area contributed by atoms with Gasteiger partial charge in [-0.3, -0.25) is 9.53 Å². The number of aliphatic hydroxyl groups excluding tert-OH is 1. The molecule has 1 aromatic heterocycles. The summed E-state index contributed by atoms with van der Waals surface area (Å²) in [5.74, 6) is 0.814. The summed E-state index contributed by atoms with van der Waals surface area (Å²) in [7, 11) is 0. The Balaban J connectivity index is 1.03. The van der Waals surface area contributed by atoms with Crippen LogP contribution in [0.3, 0.4) is 0 Å². The number of halogens is 4. The monoisotopic (exact) mass is 499 g/mol. The van der Waals surface area contributed by atoms with Gasteiger partial charge in [-0.25, -0.2) is 0 Å². The lowest BCUT2D eigenvalue weighted by Crippen LogP contribution is -2.77. The molecular formula is C22H21ClF3N3O5. The molecule has 2 bridgehead atoms. The summed E-state index contributed by atoms with van der Waals surface area (Å²) in [4.78, 5) is 17.3. The van der Waals surface area contributed by atoms with Crippen molar-refractivity contribution in [3.63, 3.8) is 0 Å². The Labute approximate surface area is 196 Å². The van der Waals surface area contributed by atoms with E-state index in [1.807, 2.05) is 0 Å². The van der Waals surface area contributed by atoms with E-state index in [-0.39, 0.29) is 42.0 Å². The van der Waals surface area contributed by atoms with E-state index in [1.54, 1.807) is 18.2 Å². The van der Waals surface area contributed by atoms with Crippen LogP contribution in [0.15, 0.2) is 22.7 Å². The maximum Gasteiger partial charge on any atom is 0.522 e. The highest BCUT2D eigenvalue weighted by Gasteiger charge is 2.72. The van der Waals surface area contributed by atoms with Gasteiger partial charge in [0.25, 0.3) is 5.91 Å². The quantitative estimate of drug-likeness (QED) is 0.646. The molecule has 0 radical (unpaired) electrons. The average Bonchev–Trinajstić information content (AvgIpc) is 3.14. The summed E-state index contributed by atoms with van der Waals surface area (Å²) in [6.07, 6.45) is -4.71. The van der Waals surface area contributed by atoms with Crippen LogP contribution in [-0.4, -0.2) is 45.3 Å². The first kappa shape index (κ1) is 22.1. The number of aromatic nitrogens is 2. The highest BCUT2D eigenvalue weighted by atomic mass is 35.5. The molecule has 2 atom stereocenters. The van der Waals surface area contributed by atoms with E-state index in [0.717, 1.165) is 0 Å². The van der Waals surface area contributed by atoms with Crippen LogP contribution in [0, 0.1) is 0 Å². The van der Waals surface area contributed by atoms with Crippen LogP contribution in [0.25, 0.3) is 0 Å². The number of nitrogens with zero attached hydrogens (tertiary/aromatic N) is 2. The second-order valence-corrected chi connectivity index (χ2v) is 10.4. The highest BCUT2D eigenvalue weighted by Crippen LogP contribution is 2.67. The fourth-order valence-corrected chi connectivity index (χ4v) is 5.93. The number of aliphatic hydroxyl groups is 1. The summed E-state index contributed by atoms with van der Waals surface area (Å²) in [5.41, 5.74) is -0.112. The van der Waals surface area contributed by atoms with Crippen LogP contribution in [0.4, 0.5) is 13.2 Å². The molecule has 0 spiro atoms. The second kappa shape index (κ2) is 7.32. The number of benzene rings is 1. The van der Waals surface area contributed by atoms with Gasteiger partial charge in [0, 0.05) is 28.5 Å². The van der Waals surface area contributed by atoms with Crippen molar-refractivity contribution in [3.8, 4) is 5.75 Å².